The minimum absolute atomic E-state index is 0.176. The van der Waals surface area contributed by atoms with E-state index in [-0.39, 0.29) is 17.5 Å². The Bertz CT molecular complexity index is 411. The Balaban J connectivity index is -0.000000294. The van der Waals surface area contributed by atoms with Crippen LogP contribution in [-0.2, 0) is 23.9 Å². The molecule has 6 nitrogen and oxygen atoms in total. The normalized spacial score (nSPS) is 8.33. The highest BCUT2D eigenvalue weighted by atomic mass is 16.5. The monoisotopic (exact) mass is 342 g/mol. The molecule has 0 heterocycles. The summed E-state index contributed by atoms with van der Waals surface area (Å²) in [5.74, 6) is -1.60. The van der Waals surface area contributed by atoms with E-state index in [1.165, 1.54) is 33.0 Å². The van der Waals surface area contributed by atoms with E-state index in [4.69, 9.17) is 9.84 Å². The molecule has 0 saturated carbocycles. The van der Waals surface area contributed by atoms with Crippen LogP contribution in [0.1, 0.15) is 46.5 Å². The van der Waals surface area contributed by atoms with E-state index in [0.717, 1.165) is 12.8 Å². The second kappa shape index (κ2) is 18.7. The topological polar surface area (TPSA) is 89.9 Å². The van der Waals surface area contributed by atoms with Crippen LogP contribution < -0.4 is 0 Å². The van der Waals surface area contributed by atoms with Crippen LogP contribution >= 0.6 is 0 Å². The molecule has 0 aromatic rings. The Hall–Kier alpha value is -2.37. The van der Waals surface area contributed by atoms with Crippen molar-refractivity contribution in [1.29, 1.82) is 0 Å². The first-order valence-corrected chi connectivity index (χ1v) is 7.55. The first-order chi connectivity index (χ1) is 11.1. The molecule has 0 fully saturated rings. The number of hydrogen-bond acceptors (Lipinski definition) is 5. The van der Waals surface area contributed by atoms with Crippen molar-refractivity contribution in [3.63, 3.8) is 0 Å². The maximum Gasteiger partial charge on any atom is 0.332 e. The van der Waals surface area contributed by atoms with Crippen LogP contribution in [0.15, 0.2) is 37.0 Å². The molecule has 24 heavy (non-hydrogen) atoms. The van der Waals surface area contributed by atoms with E-state index < -0.39 is 5.97 Å². The fourth-order valence-corrected chi connectivity index (χ4v) is 0.935. The molecule has 1 N–H and O–H groups in total. The molecule has 0 rings (SSSR count). The van der Waals surface area contributed by atoms with Gasteiger partial charge >= 0.3 is 17.9 Å². The summed E-state index contributed by atoms with van der Waals surface area (Å²) in [6.07, 6.45) is 5.72. The zero-order valence-electron chi connectivity index (χ0n) is 15.2. The predicted octanol–water partition coefficient (Wildman–Crippen LogP) is 3.68. The summed E-state index contributed by atoms with van der Waals surface area (Å²) in [5, 5.41) is 7.89. The van der Waals surface area contributed by atoms with Crippen LogP contribution in [0, 0.1) is 0 Å². The average Bonchev–Trinajstić information content (AvgIpc) is 2.54. The zero-order valence-corrected chi connectivity index (χ0v) is 15.2. The van der Waals surface area contributed by atoms with Crippen LogP contribution in [0.25, 0.3) is 0 Å². The molecule has 0 aliphatic rings. The van der Waals surface area contributed by atoms with Gasteiger partial charge in [-0.3, -0.25) is 0 Å². The number of methoxy groups -OCH3 is 1. The van der Waals surface area contributed by atoms with Gasteiger partial charge in [0.15, 0.2) is 0 Å². The molecule has 0 bridgehead atoms. The molecular weight excluding hydrogens is 312 g/mol. The Morgan fingerprint density at radius 2 is 1.54 bits per heavy atom. The van der Waals surface area contributed by atoms with Gasteiger partial charge in [0.05, 0.1) is 13.7 Å². The van der Waals surface area contributed by atoms with Crippen LogP contribution in [0.4, 0.5) is 0 Å². The Morgan fingerprint density at radius 3 is 1.79 bits per heavy atom. The summed E-state index contributed by atoms with van der Waals surface area (Å²) in [6, 6.07) is 0. The van der Waals surface area contributed by atoms with Crippen molar-refractivity contribution in [2.75, 3.05) is 13.7 Å². The minimum atomic E-state index is -0.935. The highest BCUT2D eigenvalue weighted by molar-refractivity contribution is 5.86. The molecule has 6 heteroatoms. The van der Waals surface area contributed by atoms with Crippen molar-refractivity contribution in [2.24, 2.45) is 0 Å². The third-order valence-corrected chi connectivity index (χ3v) is 2.31. The number of carbonyl (C=O) groups excluding carboxylic acids is 2. The Labute approximate surface area is 144 Å². The van der Waals surface area contributed by atoms with E-state index in [2.05, 4.69) is 31.4 Å². The number of hydrogen-bond donors (Lipinski definition) is 1. The number of carboxylic acids is 1. The Kier molecular flexibility index (Phi) is 20.6. The van der Waals surface area contributed by atoms with Gasteiger partial charge in [-0.1, -0.05) is 45.9 Å². The van der Waals surface area contributed by atoms with Gasteiger partial charge in [-0.05, 0) is 20.3 Å². The molecule has 0 radical (unpaired) electrons. The van der Waals surface area contributed by atoms with Crippen molar-refractivity contribution in [3.05, 3.63) is 37.0 Å². The number of rotatable bonds is 8. The lowest BCUT2D eigenvalue weighted by atomic mass is 10.2. The fraction of sp³-hybridized carbons (Fsp3) is 0.500. The summed E-state index contributed by atoms with van der Waals surface area (Å²) in [4.78, 5) is 30.3. The molecule has 0 aromatic heterocycles. The number of aliphatic carboxylic acids is 1. The molecule has 0 aliphatic carbocycles. The van der Waals surface area contributed by atoms with E-state index in [0.29, 0.717) is 12.2 Å². The highest BCUT2D eigenvalue weighted by Crippen LogP contribution is 1.98. The fourth-order valence-electron chi connectivity index (χ4n) is 0.935. The maximum absolute atomic E-state index is 10.5. The lowest BCUT2D eigenvalue weighted by Gasteiger charge is -1.99. The highest BCUT2D eigenvalue weighted by Gasteiger charge is 1.95. The van der Waals surface area contributed by atoms with E-state index in [1.807, 2.05) is 0 Å². The van der Waals surface area contributed by atoms with Crippen molar-refractivity contribution in [2.45, 2.75) is 46.5 Å². The minimum Gasteiger partial charge on any atom is -0.478 e. The molecule has 0 aliphatic heterocycles. The van der Waals surface area contributed by atoms with Gasteiger partial charge in [-0.15, -0.1) is 0 Å². The molecule has 138 valence electrons. The number of ether oxygens (including phenoxy) is 2. The molecule has 0 saturated heterocycles. The van der Waals surface area contributed by atoms with Crippen LogP contribution in [0.2, 0.25) is 0 Å². The number of carbonyl (C=O) groups is 3. The molecule has 0 atom stereocenters. The first kappa shape index (κ1) is 26.5. The summed E-state index contributed by atoms with van der Waals surface area (Å²) < 4.78 is 9.05. The summed E-state index contributed by atoms with van der Waals surface area (Å²) in [7, 11) is 1.33. The lowest BCUT2D eigenvalue weighted by Crippen LogP contribution is -2.01. The molecular formula is C18H30O6. The van der Waals surface area contributed by atoms with Crippen molar-refractivity contribution in [1.82, 2.24) is 0 Å². The summed E-state index contributed by atoms with van der Waals surface area (Å²) in [5.41, 5.74) is 0.609. The number of esters is 2. The maximum atomic E-state index is 10.5. The van der Waals surface area contributed by atoms with Gasteiger partial charge in [-0.25, -0.2) is 14.4 Å². The van der Waals surface area contributed by atoms with E-state index in [9.17, 15) is 14.4 Å². The predicted molar refractivity (Wildman–Crippen MR) is 94.6 cm³/mol. The van der Waals surface area contributed by atoms with Crippen LogP contribution in [0.3, 0.4) is 0 Å². The third-order valence-electron chi connectivity index (χ3n) is 2.31. The van der Waals surface area contributed by atoms with E-state index >= 15 is 0 Å². The Morgan fingerprint density at radius 1 is 1.04 bits per heavy atom. The van der Waals surface area contributed by atoms with Crippen molar-refractivity contribution < 1.29 is 29.0 Å². The van der Waals surface area contributed by atoms with E-state index in [1.54, 1.807) is 6.92 Å². The van der Waals surface area contributed by atoms with Gasteiger partial charge < -0.3 is 14.6 Å². The van der Waals surface area contributed by atoms with Crippen LogP contribution in [0.5, 0.6) is 0 Å². The van der Waals surface area contributed by atoms with Crippen molar-refractivity contribution >= 4 is 17.9 Å². The first-order valence-electron chi connectivity index (χ1n) is 7.55. The SMILES string of the molecule is C=C(C)C(=O)O.C=C(C)C(=O)OC.C=CC(=O)OCCCCCC. The standard InChI is InChI=1S/C9H16O2.C5H8O2.C4H6O2/c1-3-5-6-7-8-11-9(10)4-2;1-4(2)5(6)7-3;1-3(2)4(5)6/h4H,2-3,5-8H2,1H3;1H2,2-3H3;1H2,2H3,(H,5,6). The van der Waals surface area contributed by atoms with Gasteiger partial charge in [0, 0.05) is 17.2 Å². The third kappa shape index (κ3) is 24.6. The zero-order chi connectivity index (χ0) is 19.5. The number of unbranched alkanes of at least 4 members (excludes halogenated alkanes) is 3. The molecule has 0 spiro atoms. The van der Waals surface area contributed by atoms with Gasteiger partial charge in [0.2, 0.25) is 0 Å². The lowest BCUT2D eigenvalue weighted by molar-refractivity contribution is -0.138. The van der Waals surface area contributed by atoms with Gasteiger partial charge in [-0.2, -0.15) is 0 Å². The second-order valence-corrected chi connectivity index (χ2v) is 4.79. The molecule has 0 aromatic carbocycles. The van der Waals surface area contributed by atoms with Gasteiger partial charge in [0.25, 0.3) is 0 Å². The van der Waals surface area contributed by atoms with Crippen LogP contribution in [-0.4, -0.2) is 36.7 Å². The molecule has 0 unspecified atom stereocenters. The summed E-state index contributed by atoms with van der Waals surface area (Å²) in [6.45, 7) is 15.5. The molecule has 0 amide bonds. The second-order valence-electron chi connectivity index (χ2n) is 4.79. The quantitative estimate of drug-likeness (QED) is 0.411. The largest absolute Gasteiger partial charge is 0.478 e. The van der Waals surface area contributed by atoms with Crippen molar-refractivity contribution in [3.8, 4) is 0 Å². The summed E-state index contributed by atoms with van der Waals surface area (Å²) >= 11 is 0. The average molecular weight is 342 g/mol. The smallest absolute Gasteiger partial charge is 0.332 e. The van der Waals surface area contributed by atoms with Gasteiger partial charge in [0.1, 0.15) is 0 Å². The number of carboxylic acid groups (broad SMARTS) is 1.